The van der Waals surface area contributed by atoms with Crippen LogP contribution in [0.5, 0.6) is 0 Å². The number of ether oxygens (including phenoxy) is 1. The molecule has 0 saturated carbocycles. The molecule has 0 atom stereocenters. The smallest absolute Gasteiger partial charge is 0.319 e. The van der Waals surface area contributed by atoms with Crippen LogP contribution in [0.2, 0.25) is 0 Å². The Balaban J connectivity index is 2.85. The van der Waals surface area contributed by atoms with Gasteiger partial charge in [-0.2, -0.15) is 0 Å². The summed E-state index contributed by atoms with van der Waals surface area (Å²) in [4.78, 5) is 25.7. The van der Waals surface area contributed by atoms with Gasteiger partial charge in [-0.3, -0.25) is 9.59 Å². The Hall–Kier alpha value is -2.16. The van der Waals surface area contributed by atoms with Gasteiger partial charge in [-0.15, -0.1) is 0 Å². The number of carbonyl (C=O) groups excluding carboxylic acids is 2. The zero-order valence-electron chi connectivity index (χ0n) is 20.4. The van der Waals surface area contributed by atoms with Crippen LogP contribution in [-0.4, -0.2) is 17.4 Å². The molecular formula is C27H40O3. The van der Waals surface area contributed by atoms with Crippen LogP contribution in [0, 0.1) is 10.8 Å². The maximum absolute atomic E-state index is 12.9. The van der Waals surface area contributed by atoms with Crippen molar-refractivity contribution in [2.45, 2.75) is 87.2 Å². The number of hydrogen-bond donors (Lipinski definition) is 0. The lowest BCUT2D eigenvalue weighted by atomic mass is 9.78. The Labute approximate surface area is 183 Å². The predicted molar refractivity (Wildman–Crippen MR) is 125 cm³/mol. The van der Waals surface area contributed by atoms with Crippen LogP contribution in [0.15, 0.2) is 53.6 Å². The summed E-state index contributed by atoms with van der Waals surface area (Å²) < 4.78 is 5.85. The van der Waals surface area contributed by atoms with Crippen molar-refractivity contribution in [2.75, 3.05) is 0 Å². The monoisotopic (exact) mass is 412 g/mol. The van der Waals surface area contributed by atoms with Crippen molar-refractivity contribution < 1.29 is 14.3 Å². The van der Waals surface area contributed by atoms with E-state index in [1.807, 2.05) is 44.2 Å². The zero-order valence-corrected chi connectivity index (χ0v) is 20.4. The van der Waals surface area contributed by atoms with Gasteiger partial charge in [0, 0.05) is 12.8 Å². The van der Waals surface area contributed by atoms with Gasteiger partial charge in [0.2, 0.25) is 0 Å². The SMILES string of the molecule is C=C(C)C(C)(C)C/C(C)=C(/C)CC(C)(C)OC(=O)C(C)(C)C(=O)Cc1ccccc1. The second kappa shape index (κ2) is 9.76. The molecule has 0 aliphatic heterocycles. The molecule has 0 aliphatic rings. The summed E-state index contributed by atoms with van der Waals surface area (Å²) in [5.74, 6) is -0.609. The summed E-state index contributed by atoms with van der Waals surface area (Å²) in [6.07, 6.45) is 1.76. The quantitative estimate of drug-likeness (QED) is 0.239. The summed E-state index contributed by atoms with van der Waals surface area (Å²) in [5, 5.41) is 0. The molecule has 0 bridgehead atoms. The van der Waals surface area contributed by atoms with E-state index in [0.29, 0.717) is 6.42 Å². The van der Waals surface area contributed by atoms with Gasteiger partial charge in [0.05, 0.1) is 0 Å². The number of hydrogen-bond acceptors (Lipinski definition) is 3. The molecule has 1 aromatic carbocycles. The van der Waals surface area contributed by atoms with Gasteiger partial charge in [-0.05, 0) is 65.9 Å². The minimum Gasteiger partial charge on any atom is -0.459 e. The van der Waals surface area contributed by atoms with E-state index in [1.54, 1.807) is 13.8 Å². The van der Waals surface area contributed by atoms with Crippen molar-refractivity contribution in [3.8, 4) is 0 Å². The molecule has 0 radical (unpaired) electrons. The van der Waals surface area contributed by atoms with Crippen LogP contribution in [0.4, 0.5) is 0 Å². The van der Waals surface area contributed by atoms with Crippen molar-refractivity contribution in [3.63, 3.8) is 0 Å². The first-order valence-electron chi connectivity index (χ1n) is 10.7. The molecule has 3 nitrogen and oxygen atoms in total. The van der Waals surface area contributed by atoms with Crippen LogP contribution < -0.4 is 0 Å². The molecule has 0 unspecified atom stereocenters. The maximum Gasteiger partial charge on any atom is 0.319 e. The Morgan fingerprint density at radius 2 is 1.37 bits per heavy atom. The molecule has 1 aromatic rings. The van der Waals surface area contributed by atoms with Gasteiger partial charge in [0.25, 0.3) is 0 Å². The fourth-order valence-electron chi connectivity index (χ4n) is 3.28. The number of Topliss-reactive ketones (excluding diaryl/α,β-unsaturated/α-hetero) is 1. The number of benzene rings is 1. The van der Waals surface area contributed by atoms with Gasteiger partial charge in [-0.25, -0.2) is 0 Å². The van der Waals surface area contributed by atoms with Gasteiger partial charge in [0.1, 0.15) is 11.0 Å². The lowest BCUT2D eigenvalue weighted by molar-refractivity contribution is -0.169. The van der Waals surface area contributed by atoms with E-state index < -0.39 is 17.0 Å². The molecule has 0 aliphatic carbocycles. The first-order valence-corrected chi connectivity index (χ1v) is 10.7. The number of rotatable bonds is 10. The van der Waals surface area contributed by atoms with Crippen LogP contribution in [0.25, 0.3) is 0 Å². The van der Waals surface area contributed by atoms with Crippen LogP contribution in [-0.2, 0) is 20.7 Å². The topological polar surface area (TPSA) is 43.4 Å². The maximum atomic E-state index is 12.9. The molecule has 1 rings (SSSR count). The highest BCUT2D eigenvalue weighted by Gasteiger charge is 2.40. The van der Waals surface area contributed by atoms with Gasteiger partial charge < -0.3 is 4.74 Å². The molecule has 0 saturated heterocycles. The second-order valence-electron chi connectivity index (χ2n) is 10.4. The highest BCUT2D eigenvalue weighted by molar-refractivity contribution is 6.03. The lowest BCUT2D eigenvalue weighted by Gasteiger charge is -2.32. The van der Waals surface area contributed by atoms with Gasteiger partial charge in [0.15, 0.2) is 5.78 Å². The van der Waals surface area contributed by atoms with Crippen molar-refractivity contribution >= 4 is 11.8 Å². The molecule has 30 heavy (non-hydrogen) atoms. The van der Waals surface area contributed by atoms with Crippen molar-refractivity contribution in [1.29, 1.82) is 0 Å². The fourth-order valence-corrected chi connectivity index (χ4v) is 3.28. The lowest BCUT2D eigenvalue weighted by Crippen LogP contribution is -2.41. The third-order valence-corrected chi connectivity index (χ3v) is 6.07. The molecular weight excluding hydrogens is 372 g/mol. The minimum absolute atomic E-state index is 0.0258. The van der Waals surface area contributed by atoms with Crippen molar-refractivity contribution in [3.05, 3.63) is 59.2 Å². The van der Waals surface area contributed by atoms with Crippen LogP contribution in [0.1, 0.15) is 80.7 Å². The summed E-state index contributed by atoms with van der Waals surface area (Å²) in [5.41, 5.74) is 2.68. The molecule has 0 aromatic heterocycles. The normalized spacial score (nSPS) is 13.5. The summed E-state index contributed by atoms with van der Waals surface area (Å²) in [6, 6.07) is 9.48. The van der Waals surface area contributed by atoms with Gasteiger partial charge >= 0.3 is 5.97 Å². The summed E-state index contributed by atoms with van der Waals surface area (Å²) >= 11 is 0. The molecule has 0 spiro atoms. The third kappa shape index (κ3) is 7.27. The van der Waals surface area contributed by atoms with E-state index in [-0.39, 0.29) is 17.6 Å². The number of ketones is 1. The van der Waals surface area contributed by atoms with E-state index >= 15 is 0 Å². The number of esters is 1. The summed E-state index contributed by atoms with van der Waals surface area (Å²) in [7, 11) is 0. The van der Waals surface area contributed by atoms with E-state index in [1.165, 1.54) is 11.1 Å². The zero-order chi connectivity index (χ0) is 23.3. The highest BCUT2D eigenvalue weighted by Crippen LogP contribution is 2.35. The molecule has 3 heteroatoms. The Morgan fingerprint density at radius 3 is 1.87 bits per heavy atom. The average Bonchev–Trinajstić information content (AvgIpc) is 2.61. The largest absolute Gasteiger partial charge is 0.459 e. The summed E-state index contributed by atoms with van der Waals surface area (Å²) in [6.45, 7) is 21.9. The Morgan fingerprint density at radius 1 is 0.867 bits per heavy atom. The van der Waals surface area contributed by atoms with Gasteiger partial charge in [-0.1, -0.05) is 67.5 Å². The molecule has 0 heterocycles. The predicted octanol–water partition coefficient (Wildman–Crippen LogP) is 6.87. The van der Waals surface area contributed by atoms with Crippen molar-refractivity contribution in [1.82, 2.24) is 0 Å². The van der Waals surface area contributed by atoms with E-state index in [0.717, 1.165) is 17.6 Å². The van der Waals surface area contributed by atoms with E-state index in [2.05, 4.69) is 41.2 Å². The average molecular weight is 413 g/mol. The molecule has 166 valence electrons. The van der Waals surface area contributed by atoms with Crippen LogP contribution in [0.3, 0.4) is 0 Å². The third-order valence-electron chi connectivity index (χ3n) is 6.07. The Bertz CT molecular complexity index is 808. The highest BCUT2D eigenvalue weighted by atomic mass is 16.6. The molecule has 0 N–H and O–H groups in total. The number of carbonyl (C=O) groups is 2. The first kappa shape index (κ1) is 25.9. The Kier molecular flexibility index (Phi) is 8.42. The van der Waals surface area contributed by atoms with Crippen LogP contribution >= 0.6 is 0 Å². The molecule has 0 fully saturated rings. The van der Waals surface area contributed by atoms with Crippen molar-refractivity contribution in [2.24, 2.45) is 10.8 Å². The molecule has 0 amide bonds. The first-order chi connectivity index (χ1) is 13.6. The fraction of sp³-hybridized carbons (Fsp3) is 0.556. The van der Waals surface area contributed by atoms with E-state index in [9.17, 15) is 9.59 Å². The minimum atomic E-state index is -1.19. The van der Waals surface area contributed by atoms with E-state index in [4.69, 9.17) is 4.74 Å². The standard InChI is InChI=1S/C27H40O3/c1-19(2)25(5,6)17-20(3)21(4)18-26(7,8)30-24(29)27(9,10)23(28)16-22-14-12-11-13-15-22/h11-15H,1,16-18H2,2-10H3/b21-20-. The number of allylic oxidation sites excluding steroid dienone is 2. The second-order valence-corrected chi connectivity index (χ2v) is 10.4.